The van der Waals surface area contributed by atoms with E-state index in [1.165, 1.54) is 22.3 Å². The van der Waals surface area contributed by atoms with E-state index in [-0.39, 0.29) is 23.5 Å². The number of phenolic OH excluding ortho intramolecular Hbond substituents is 1. The van der Waals surface area contributed by atoms with Crippen molar-refractivity contribution < 1.29 is 14.6 Å². The van der Waals surface area contributed by atoms with Crippen LogP contribution in [0.5, 0.6) is 11.5 Å². The first-order valence-corrected chi connectivity index (χ1v) is 15.0. The average molecular weight is 547 g/mol. The number of rotatable bonds is 4. The lowest BCUT2D eigenvalue weighted by atomic mass is 9.51. The van der Waals surface area contributed by atoms with Gasteiger partial charge in [0.2, 0.25) is 0 Å². The van der Waals surface area contributed by atoms with E-state index in [9.17, 15) is 9.90 Å². The highest BCUT2D eigenvalue weighted by molar-refractivity contribution is 5.94. The van der Waals surface area contributed by atoms with Gasteiger partial charge in [-0.1, -0.05) is 42.3 Å². The van der Waals surface area contributed by atoms with Crippen molar-refractivity contribution in [3.8, 4) is 23.3 Å². The maximum absolute atomic E-state index is 13.4. The second-order valence-corrected chi connectivity index (χ2v) is 12.5. The van der Waals surface area contributed by atoms with Crippen molar-refractivity contribution in [2.75, 3.05) is 20.1 Å². The van der Waals surface area contributed by atoms with Gasteiger partial charge in [-0.3, -0.25) is 9.69 Å². The summed E-state index contributed by atoms with van der Waals surface area (Å²) < 4.78 is 6.80. The minimum absolute atomic E-state index is 0.0650. The lowest BCUT2D eigenvalue weighted by Gasteiger charge is -2.60. The fourth-order valence-corrected chi connectivity index (χ4v) is 8.39. The molecule has 1 saturated carbocycles. The van der Waals surface area contributed by atoms with Crippen molar-refractivity contribution in [3.63, 3.8) is 0 Å². The Bertz CT molecular complexity index is 1570. The molecule has 0 unspecified atom stereocenters. The molecule has 5 heteroatoms. The maximum Gasteiger partial charge on any atom is 0.298 e. The Balaban J connectivity index is 1.18. The summed E-state index contributed by atoms with van der Waals surface area (Å²) in [5.74, 6) is 7.57. The molecule has 41 heavy (non-hydrogen) atoms. The van der Waals surface area contributed by atoms with Crippen LogP contribution in [-0.4, -0.2) is 59.1 Å². The smallest absolute Gasteiger partial charge is 0.298 e. The summed E-state index contributed by atoms with van der Waals surface area (Å²) in [5.41, 5.74) is 6.71. The summed E-state index contributed by atoms with van der Waals surface area (Å²) in [4.78, 5) is 17.9. The predicted molar refractivity (Wildman–Crippen MR) is 160 cm³/mol. The molecule has 3 aromatic rings. The minimum atomic E-state index is -0.186. The summed E-state index contributed by atoms with van der Waals surface area (Å²) in [6.45, 7) is 6.16. The summed E-state index contributed by atoms with van der Waals surface area (Å²) in [6, 6.07) is 20.8. The third-order valence-corrected chi connectivity index (χ3v) is 10.6. The van der Waals surface area contributed by atoms with Crippen LogP contribution in [0.4, 0.5) is 0 Å². The Morgan fingerprint density at radius 2 is 1.93 bits per heavy atom. The number of nitrogens with zero attached hydrogens (tertiary/aromatic N) is 2. The van der Waals surface area contributed by atoms with Crippen LogP contribution in [0, 0.1) is 31.6 Å². The molecule has 2 bridgehead atoms. The molecule has 1 spiro atoms. The lowest BCUT2D eigenvalue weighted by Crippen LogP contribution is -2.69. The van der Waals surface area contributed by atoms with Gasteiger partial charge in [0.05, 0.1) is 6.04 Å². The fraction of sp³-hybridized carbons (Fsp3) is 0.417. The third kappa shape index (κ3) is 4.15. The number of amides is 1. The van der Waals surface area contributed by atoms with Gasteiger partial charge in [0.15, 0.2) is 0 Å². The number of benzene rings is 3. The summed E-state index contributed by atoms with van der Waals surface area (Å²) in [6.07, 6.45) is 4.65. The Hall–Kier alpha value is -3.75. The molecule has 1 amide bonds. The lowest BCUT2D eigenvalue weighted by molar-refractivity contribution is -0.134. The van der Waals surface area contributed by atoms with Crippen LogP contribution in [0.25, 0.3) is 0 Å². The quantitative estimate of drug-likeness (QED) is 0.459. The topological polar surface area (TPSA) is 53.0 Å². The van der Waals surface area contributed by atoms with Crippen LogP contribution in [0.3, 0.4) is 0 Å². The second kappa shape index (κ2) is 9.96. The van der Waals surface area contributed by atoms with Gasteiger partial charge in [-0.25, -0.2) is 0 Å². The van der Waals surface area contributed by atoms with Crippen LogP contribution in [0.1, 0.15) is 52.6 Å². The van der Waals surface area contributed by atoms with Crippen molar-refractivity contribution in [1.82, 2.24) is 9.80 Å². The molecule has 1 N–H and O–H groups in total. The number of likely N-dealkylation sites (tertiary alicyclic amines) is 1. The molecular weight excluding hydrogens is 508 g/mol. The largest absolute Gasteiger partial charge is 0.508 e. The SMILES string of the molecule is Cc1ccc(C#CC(=O)N(C)[C@@H]2CC[C@H]3[C@H]4Cc5c(O)ccc6c5[C@@]3(CCN4CCc3ccccc3)[C@H]2O6)cc1C. The number of hydrogen-bond acceptors (Lipinski definition) is 4. The standard InChI is InChI=1S/C36H38N2O3/c1-23-9-10-26(21-24(23)2)11-16-33(40)37(3)29-13-12-28-30-22-27-31(39)14-15-32-34(27)36(28,35(29)41-32)18-20-38(30)19-17-25-7-5-4-6-8-25/h4-10,14-15,21,28-30,35,39H,12-13,17-20,22H2,1-3H3/t28-,29+,30+,35-,36-/m0/s1. The van der Waals surface area contributed by atoms with E-state index in [0.717, 1.165) is 62.1 Å². The normalized spacial score (nSPS) is 27.3. The van der Waals surface area contributed by atoms with Crippen molar-refractivity contribution in [2.24, 2.45) is 5.92 Å². The molecule has 4 aliphatic rings. The van der Waals surface area contributed by atoms with Crippen LogP contribution < -0.4 is 4.74 Å². The minimum Gasteiger partial charge on any atom is -0.508 e. The first kappa shape index (κ1) is 26.2. The first-order chi connectivity index (χ1) is 19.9. The van der Waals surface area contributed by atoms with Crippen molar-refractivity contribution in [3.05, 3.63) is 94.0 Å². The van der Waals surface area contributed by atoms with E-state index in [2.05, 4.69) is 67.0 Å². The van der Waals surface area contributed by atoms with Gasteiger partial charge in [0, 0.05) is 47.7 Å². The van der Waals surface area contributed by atoms with E-state index in [0.29, 0.717) is 17.7 Å². The molecule has 5 atom stereocenters. The zero-order valence-corrected chi connectivity index (χ0v) is 24.2. The summed E-state index contributed by atoms with van der Waals surface area (Å²) in [5, 5.41) is 11.1. The number of likely N-dealkylation sites (N-methyl/N-ethyl adjacent to an activating group) is 1. The van der Waals surface area contributed by atoms with Crippen molar-refractivity contribution in [1.29, 1.82) is 0 Å². The Labute approximate surface area is 243 Å². The van der Waals surface area contributed by atoms with Crippen LogP contribution in [0.15, 0.2) is 60.7 Å². The number of carbonyl (C=O) groups is 1. The number of aryl methyl sites for hydroxylation is 2. The number of aromatic hydroxyl groups is 1. The van der Waals surface area contributed by atoms with Gasteiger partial charge in [-0.05, 0) is 99.4 Å². The average Bonchev–Trinajstić information content (AvgIpc) is 3.32. The molecule has 7 rings (SSSR count). The summed E-state index contributed by atoms with van der Waals surface area (Å²) in [7, 11) is 1.89. The monoisotopic (exact) mass is 546 g/mol. The van der Waals surface area contributed by atoms with Crippen molar-refractivity contribution >= 4 is 5.91 Å². The molecular formula is C36H38N2O3. The van der Waals surface area contributed by atoms with Crippen LogP contribution in [-0.2, 0) is 23.1 Å². The van der Waals surface area contributed by atoms with Gasteiger partial charge >= 0.3 is 0 Å². The molecule has 5 nitrogen and oxygen atoms in total. The van der Waals surface area contributed by atoms with E-state index < -0.39 is 0 Å². The zero-order valence-electron chi connectivity index (χ0n) is 24.2. The second-order valence-electron chi connectivity index (χ2n) is 12.5. The Morgan fingerprint density at radius 3 is 2.73 bits per heavy atom. The van der Waals surface area contributed by atoms with Gasteiger partial charge in [-0.2, -0.15) is 0 Å². The zero-order chi connectivity index (χ0) is 28.3. The fourth-order valence-electron chi connectivity index (χ4n) is 8.39. The number of phenols is 1. The van der Waals surface area contributed by atoms with Crippen molar-refractivity contribution in [2.45, 2.75) is 69.6 Å². The molecule has 210 valence electrons. The molecule has 2 heterocycles. The molecule has 2 aliphatic heterocycles. The molecule has 3 aromatic carbocycles. The first-order valence-electron chi connectivity index (χ1n) is 15.0. The number of hydrogen-bond donors (Lipinski definition) is 1. The number of piperidine rings is 1. The highest BCUT2D eigenvalue weighted by Gasteiger charge is 2.66. The van der Waals surface area contributed by atoms with Gasteiger partial charge in [0.25, 0.3) is 5.91 Å². The predicted octanol–water partition coefficient (Wildman–Crippen LogP) is 5.17. The summed E-state index contributed by atoms with van der Waals surface area (Å²) >= 11 is 0. The molecule has 2 fully saturated rings. The number of ether oxygens (including phenoxy) is 1. The molecule has 2 aliphatic carbocycles. The van der Waals surface area contributed by atoms with Crippen LogP contribution >= 0.6 is 0 Å². The van der Waals surface area contributed by atoms with Crippen LogP contribution in [0.2, 0.25) is 0 Å². The highest BCUT2D eigenvalue weighted by Crippen LogP contribution is 2.63. The van der Waals surface area contributed by atoms with E-state index in [1.807, 2.05) is 30.1 Å². The number of carbonyl (C=O) groups excluding carboxylic acids is 1. The Kier molecular flexibility index (Phi) is 6.36. The van der Waals surface area contributed by atoms with E-state index in [4.69, 9.17) is 4.74 Å². The van der Waals surface area contributed by atoms with Gasteiger partial charge in [-0.15, -0.1) is 0 Å². The molecule has 0 radical (unpaired) electrons. The molecule has 1 saturated heterocycles. The maximum atomic E-state index is 13.4. The highest BCUT2D eigenvalue weighted by atomic mass is 16.5. The molecule has 0 aromatic heterocycles. The van der Waals surface area contributed by atoms with E-state index in [1.54, 1.807) is 6.07 Å². The van der Waals surface area contributed by atoms with E-state index >= 15 is 0 Å². The van der Waals surface area contributed by atoms with Gasteiger partial charge in [0.1, 0.15) is 17.6 Å². The Morgan fingerprint density at radius 1 is 1.10 bits per heavy atom. The van der Waals surface area contributed by atoms with Gasteiger partial charge < -0.3 is 14.7 Å². The third-order valence-electron chi connectivity index (χ3n) is 10.6.